The van der Waals surface area contributed by atoms with Crippen LogP contribution in [0, 0.1) is 17.8 Å². The summed E-state index contributed by atoms with van der Waals surface area (Å²) in [5, 5.41) is 55.3. The number of fused-ring (bicyclic) bond motifs is 3. The summed E-state index contributed by atoms with van der Waals surface area (Å²) in [4.78, 5) is 38.8. The van der Waals surface area contributed by atoms with E-state index in [4.69, 9.17) is 0 Å². The van der Waals surface area contributed by atoms with Crippen LogP contribution in [0.25, 0.3) is 5.57 Å². The topological polar surface area (TPSA) is 152 Å². The molecule has 0 radical (unpaired) electrons. The van der Waals surface area contributed by atoms with E-state index in [1.807, 2.05) is 0 Å². The molecule has 0 heterocycles. The molecule has 1 aromatic rings. The molecule has 0 fully saturated rings. The van der Waals surface area contributed by atoms with Gasteiger partial charge in [0.2, 0.25) is 5.78 Å². The molecule has 5 N–H and O–H groups in total. The molecule has 32 heavy (non-hydrogen) atoms. The predicted molar refractivity (Wildman–Crippen MR) is 113 cm³/mol. The van der Waals surface area contributed by atoms with Crippen LogP contribution in [-0.2, 0) is 9.59 Å². The van der Waals surface area contributed by atoms with Crippen LogP contribution in [0.5, 0.6) is 5.75 Å². The normalized spacial score (nSPS) is 34.3. The number of phenolic OH excluding ortho intramolecular Hbond substituents is 1. The van der Waals surface area contributed by atoms with E-state index < -0.39 is 69.0 Å². The van der Waals surface area contributed by atoms with Crippen molar-refractivity contribution >= 4 is 22.9 Å². The molecular weight excluding hydrogens is 416 g/mol. The maximum atomic E-state index is 13.6. The van der Waals surface area contributed by atoms with E-state index in [1.54, 1.807) is 13.0 Å². The van der Waals surface area contributed by atoms with E-state index in [-0.39, 0.29) is 16.9 Å². The summed E-state index contributed by atoms with van der Waals surface area (Å²) in [5.74, 6) is -5.04. The van der Waals surface area contributed by atoms with Crippen LogP contribution in [0.4, 0.5) is 0 Å². The highest BCUT2D eigenvalue weighted by Gasteiger charge is 2.72. The first-order valence-electron chi connectivity index (χ1n) is 10.1. The van der Waals surface area contributed by atoms with Gasteiger partial charge in [0.05, 0.1) is 22.7 Å². The van der Waals surface area contributed by atoms with Crippen LogP contribution in [0.1, 0.15) is 48.7 Å². The second-order valence-corrected chi connectivity index (χ2v) is 9.30. The van der Waals surface area contributed by atoms with E-state index in [0.29, 0.717) is 11.1 Å². The maximum absolute atomic E-state index is 13.6. The Morgan fingerprint density at radius 1 is 1.12 bits per heavy atom. The van der Waals surface area contributed by atoms with Gasteiger partial charge in [0.25, 0.3) is 0 Å². The lowest BCUT2D eigenvalue weighted by molar-refractivity contribution is -0.182. The molecule has 4 rings (SSSR count). The predicted octanol–water partition coefficient (Wildman–Crippen LogP) is 2.21. The Bertz CT molecular complexity index is 1230. The third kappa shape index (κ3) is 2.11. The average molecular weight is 440 g/mol. The lowest BCUT2D eigenvalue weighted by atomic mass is 9.46. The van der Waals surface area contributed by atoms with Crippen LogP contribution in [0.2, 0.25) is 0 Å². The van der Waals surface area contributed by atoms with Gasteiger partial charge in [-0.15, -0.1) is 0 Å². The molecular formula is C24H24O8. The minimum absolute atomic E-state index is 0.165. The lowest BCUT2D eigenvalue weighted by Gasteiger charge is -2.59. The monoisotopic (exact) mass is 440 g/mol. The molecule has 3 aliphatic carbocycles. The minimum Gasteiger partial charge on any atom is -0.511 e. The summed E-state index contributed by atoms with van der Waals surface area (Å²) in [6, 6.07) is 2.88. The number of benzene rings is 1. The molecule has 8 nitrogen and oxygen atoms in total. The van der Waals surface area contributed by atoms with E-state index in [2.05, 4.69) is 6.58 Å². The lowest BCUT2D eigenvalue weighted by Crippen LogP contribution is -2.70. The first kappa shape index (κ1) is 22.0. The minimum atomic E-state index is -2.86. The number of carbonyl (C=O) groups excluding carboxylic acids is 3. The first-order valence-corrected chi connectivity index (χ1v) is 10.1. The van der Waals surface area contributed by atoms with Crippen molar-refractivity contribution in [3.8, 4) is 5.75 Å². The highest BCUT2D eigenvalue weighted by atomic mass is 16.4. The third-order valence-electron chi connectivity index (χ3n) is 7.58. The van der Waals surface area contributed by atoms with E-state index in [0.717, 1.165) is 6.92 Å². The van der Waals surface area contributed by atoms with Crippen molar-refractivity contribution in [2.24, 2.45) is 10.8 Å². The number of aryl methyl sites for hydroxylation is 1. The summed E-state index contributed by atoms with van der Waals surface area (Å²) < 4.78 is 0. The van der Waals surface area contributed by atoms with Crippen LogP contribution in [-0.4, -0.2) is 54.6 Å². The smallest absolute Gasteiger partial charge is 0.209 e. The molecule has 0 saturated carbocycles. The Morgan fingerprint density at radius 2 is 1.72 bits per heavy atom. The summed E-state index contributed by atoms with van der Waals surface area (Å²) >= 11 is 0. The van der Waals surface area contributed by atoms with Crippen LogP contribution in [0.3, 0.4) is 0 Å². The number of phenols is 1. The molecule has 0 amide bonds. The zero-order chi connectivity index (χ0) is 24.1. The number of aliphatic hydroxyl groups is 4. The summed E-state index contributed by atoms with van der Waals surface area (Å²) in [5.41, 5.74) is -6.68. The Labute approximate surface area is 183 Å². The highest BCUT2D eigenvalue weighted by molar-refractivity contribution is 6.26. The standard InChI is InChI=1S/C24H24O8/c1-9-6-7-12(26)16-14(9)10(2)23(5)17(18(16)28)20(30)24(32)19(29)15(11(3)25)13(27)8-22(24,4)21(23)31/h6-7,21,26-27,30-32H,2,8H2,1,3-5H3/t21-,22-,23-,24-/m0/s1. The zero-order valence-electron chi connectivity index (χ0n) is 18.1. The van der Waals surface area contributed by atoms with Gasteiger partial charge in [-0.05, 0) is 43.5 Å². The summed E-state index contributed by atoms with van der Waals surface area (Å²) in [7, 11) is 0. The largest absolute Gasteiger partial charge is 0.511 e. The van der Waals surface area contributed by atoms with Gasteiger partial charge in [-0.2, -0.15) is 0 Å². The molecule has 0 spiro atoms. The quantitative estimate of drug-likeness (QED) is 0.417. The van der Waals surface area contributed by atoms with Gasteiger partial charge in [-0.3, -0.25) is 14.4 Å². The van der Waals surface area contributed by atoms with E-state index >= 15 is 0 Å². The molecule has 0 aromatic heterocycles. The van der Waals surface area contributed by atoms with Gasteiger partial charge in [0.1, 0.15) is 22.8 Å². The van der Waals surface area contributed by atoms with Crippen molar-refractivity contribution in [1.82, 2.24) is 0 Å². The number of aliphatic hydroxyl groups excluding tert-OH is 3. The molecule has 0 saturated heterocycles. The van der Waals surface area contributed by atoms with Gasteiger partial charge in [-0.25, -0.2) is 0 Å². The SMILES string of the molecule is C=C1c2c(C)ccc(O)c2C(=O)C2=C(O)[C@@]3(O)C(=O)C(C(C)=O)=C(O)C[C@@]3(C)[C@H](O)[C@@]12C. The number of hydrogen-bond donors (Lipinski definition) is 5. The van der Waals surface area contributed by atoms with E-state index in [9.17, 15) is 39.9 Å². The molecule has 4 atom stereocenters. The molecule has 0 unspecified atom stereocenters. The molecule has 168 valence electrons. The Kier molecular flexibility index (Phi) is 4.24. The van der Waals surface area contributed by atoms with Gasteiger partial charge in [-0.1, -0.05) is 19.6 Å². The van der Waals surface area contributed by atoms with Crippen LogP contribution >= 0.6 is 0 Å². The number of aromatic hydroxyl groups is 1. The van der Waals surface area contributed by atoms with Crippen molar-refractivity contribution in [2.45, 2.75) is 45.8 Å². The third-order valence-corrected chi connectivity index (χ3v) is 7.58. The number of carbonyl (C=O) groups is 3. The molecule has 8 heteroatoms. The number of rotatable bonds is 1. The Morgan fingerprint density at radius 3 is 2.28 bits per heavy atom. The van der Waals surface area contributed by atoms with Crippen molar-refractivity contribution in [3.05, 3.63) is 58.1 Å². The van der Waals surface area contributed by atoms with Crippen molar-refractivity contribution < 1.29 is 39.9 Å². The molecule has 0 aliphatic heterocycles. The second-order valence-electron chi connectivity index (χ2n) is 9.30. The van der Waals surface area contributed by atoms with Crippen molar-refractivity contribution in [1.29, 1.82) is 0 Å². The first-order chi connectivity index (χ1) is 14.7. The number of ketones is 3. The summed E-state index contributed by atoms with van der Waals surface area (Å²) in [6.45, 7) is 9.50. The van der Waals surface area contributed by atoms with E-state index in [1.165, 1.54) is 19.9 Å². The number of hydrogen-bond acceptors (Lipinski definition) is 8. The molecule has 3 aliphatic rings. The Hall–Kier alpha value is -3.23. The van der Waals surface area contributed by atoms with Crippen molar-refractivity contribution in [3.63, 3.8) is 0 Å². The van der Waals surface area contributed by atoms with Gasteiger partial charge in [0.15, 0.2) is 17.2 Å². The second kappa shape index (κ2) is 6.17. The fourth-order valence-corrected chi connectivity index (χ4v) is 5.73. The fourth-order valence-electron chi connectivity index (χ4n) is 5.73. The van der Waals surface area contributed by atoms with Crippen LogP contribution < -0.4 is 0 Å². The number of Topliss-reactive ketones (excluding diaryl/α,β-unsaturated/α-hetero) is 3. The Balaban J connectivity index is 2.14. The zero-order valence-corrected chi connectivity index (χ0v) is 18.1. The molecule has 0 bridgehead atoms. The van der Waals surface area contributed by atoms with Crippen LogP contribution in [0.15, 0.2) is 41.4 Å². The summed E-state index contributed by atoms with van der Waals surface area (Å²) in [6.07, 6.45) is -2.19. The number of allylic oxidation sites excluding steroid dienone is 1. The highest BCUT2D eigenvalue weighted by Crippen LogP contribution is 2.65. The van der Waals surface area contributed by atoms with Gasteiger partial charge >= 0.3 is 0 Å². The van der Waals surface area contributed by atoms with Gasteiger partial charge < -0.3 is 25.5 Å². The van der Waals surface area contributed by atoms with Crippen molar-refractivity contribution in [2.75, 3.05) is 0 Å². The molecule has 1 aromatic carbocycles. The van der Waals surface area contributed by atoms with Gasteiger partial charge in [0, 0.05) is 11.8 Å². The average Bonchev–Trinajstić information content (AvgIpc) is 2.70. The fraction of sp³-hybridized carbons (Fsp3) is 0.375. The maximum Gasteiger partial charge on any atom is 0.209 e.